The van der Waals surface area contributed by atoms with E-state index in [0.717, 1.165) is 32.0 Å². The normalized spacial score (nSPS) is 17.0. The number of aldehydes is 1. The van der Waals surface area contributed by atoms with Crippen LogP contribution in [-0.4, -0.2) is 31.4 Å². The van der Waals surface area contributed by atoms with Gasteiger partial charge in [0.05, 0.1) is 13.2 Å². The van der Waals surface area contributed by atoms with Gasteiger partial charge in [0.2, 0.25) is 0 Å². The van der Waals surface area contributed by atoms with Crippen LogP contribution in [0.2, 0.25) is 0 Å². The lowest BCUT2D eigenvalue weighted by atomic mass is 9.68. The molecule has 1 aliphatic rings. The van der Waals surface area contributed by atoms with E-state index in [0.29, 0.717) is 6.42 Å². The van der Waals surface area contributed by atoms with Gasteiger partial charge < -0.3 is 14.3 Å². The van der Waals surface area contributed by atoms with Crippen molar-refractivity contribution in [2.45, 2.75) is 65.2 Å². The second kappa shape index (κ2) is 9.59. The smallest absolute Gasteiger partial charge is 0.302 e. The molecule has 0 aromatic rings. The van der Waals surface area contributed by atoms with Gasteiger partial charge in [-0.25, -0.2) is 0 Å². The second-order valence-corrected chi connectivity index (χ2v) is 6.44. The molecule has 5 nitrogen and oxygen atoms in total. The molecule has 0 amide bonds. The maximum atomic E-state index is 11.0. The first kappa shape index (κ1) is 18.7. The number of esters is 2. The van der Waals surface area contributed by atoms with Crippen LogP contribution in [0.15, 0.2) is 0 Å². The summed E-state index contributed by atoms with van der Waals surface area (Å²) < 4.78 is 10.1. The Balaban J connectivity index is 2.55. The molecule has 0 aromatic carbocycles. The molecule has 0 aromatic heterocycles. The van der Waals surface area contributed by atoms with E-state index in [4.69, 9.17) is 9.47 Å². The first-order valence-electron chi connectivity index (χ1n) is 8.18. The lowest BCUT2D eigenvalue weighted by Gasteiger charge is -2.37. The summed E-state index contributed by atoms with van der Waals surface area (Å²) in [6.45, 7) is 3.27. The highest BCUT2D eigenvalue weighted by Crippen LogP contribution is 2.43. The first-order valence-corrected chi connectivity index (χ1v) is 8.18. The Hall–Kier alpha value is -1.39. The van der Waals surface area contributed by atoms with Gasteiger partial charge in [-0.05, 0) is 31.1 Å². The van der Waals surface area contributed by atoms with Crippen molar-refractivity contribution in [2.75, 3.05) is 13.2 Å². The second-order valence-electron chi connectivity index (χ2n) is 6.44. The van der Waals surface area contributed by atoms with Gasteiger partial charge in [-0.15, -0.1) is 0 Å². The Bertz CT molecular complexity index is 353. The number of carbonyl (C=O) groups is 3. The van der Waals surface area contributed by atoms with Crippen LogP contribution in [0.3, 0.4) is 0 Å². The zero-order valence-electron chi connectivity index (χ0n) is 13.8. The maximum Gasteiger partial charge on any atom is 0.302 e. The lowest BCUT2D eigenvalue weighted by Crippen LogP contribution is -2.28. The van der Waals surface area contributed by atoms with Gasteiger partial charge in [0, 0.05) is 26.2 Å². The number of carbonyl (C=O) groups excluding carboxylic acids is 3. The third-order valence-electron chi connectivity index (χ3n) is 4.56. The Morgan fingerprint density at radius 2 is 1.59 bits per heavy atom. The third-order valence-corrected chi connectivity index (χ3v) is 4.56. The molecule has 22 heavy (non-hydrogen) atoms. The van der Waals surface area contributed by atoms with Crippen molar-refractivity contribution >= 4 is 18.2 Å². The van der Waals surface area contributed by atoms with E-state index >= 15 is 0 Å². The van der Waals surface area contributed by atoms with Crippen LogP contribution in [0.4, 0.5) is 0 Å². The van der Waals surface area contributed by atoms with Gasteiger partial charge in [-0.3, -0.25) is 9.59 Å². The molecular formula is C17H28O5. The molecule has 0 unspecified atom stereocenters. The van der Waals surface area contributed by atoms with Gasteiger partial charge in [0.15, 0.2) is 0 Å². The standard InChI is InChI=1S/C17H28O5/c1-14(19)21-12-16(13-22-15(2)20)6-9-17(10-11-18)7-4-3-5-8-17/h11,16H,3-10,12-13H2,1-2H3. The predicted molar refractivity (Wildman–Crippen MR) is 82.2 cm³/mol. The first-order chi connectivity index (χ1) is 10.5. The summed E-state index contributed by atoms with van der Waals surface area (Å²) in [6, 6.07) is 0. The monoisotopic (exact) mass is 312 g/mol. The fraction of sp³-hybridized carbons (Fsp3) is 0.824. The summed E-state index contributed by atoms with van der Waals surface area (Å²) in [4.78, 5) is 33.0. The molecule has 1 aliphatic carbocycles. The van der Waals surface area contributed by atoms with Gasteiger partial charge in [-0.2, -0.15) is 0 Å². The van der Waals surface area contributed by atoms with Gasteiger partial charge in [0.25, 0.3) is 0 Å². The average molecular weight is 312 g/mol. The highest BCUT2D eigenvalue weighted by atomic mass is 16.5. The fourth-order valence-corrected chi connectivity index (χ4v) is 3.23. The van der Waals surface area contributed by atoms with Crippen molar-refractivity contribution in [1.82, 2.24) is 0 Å². The minimum atomic E-state index is -0.326. The maximum absolute atomic E-state index is 11.0. The summed E-state index contributed by atoms with van der Waals surface area (Å²) in [6.07, 6.45) is 9.09. The Labute approximate surface area is 132 Å². The molecule has 0 radical (unpaired) electrons. The zero-order valence-corrected chi connectivity index (χ0v) is 13.8. The Morgan fingerprint density at radius 3 is 2.05 bits per heavy atom. The predicted octanol–water partition coefficient (Wildman–Crippen LogP) is 3.05. The van der Waals surface area contributed by atoms with Crippen LogP contribution in [0.5, 0.6) is 0 Å². The molecular weight excluding hydrogens is 284 g/mol. The summed E-state index contributed by atoms with van der Waals surface area (Å²) in [5.41, 5.74) is 0.0880. The highest BCUT2D eigenvalue weighted by molar-refractivity contribution is 5.66. The topological polar surface area (TPSA) is 69.7 Å². The molecule has 0 heterocycles. The molecule has 0 saturated heterocycles. The lowest BCUT2D eigenvalue weighted by molar-refractivity contribution is -0.146. The van der Waals surface area contributed by atoms with Gasteiger partial charge in [0.1, 0.15) is 6.29 Å². The largest absolute Gasteiger partial charge is 0.465 e. The molecule has 0 atom stereocenters. The van der Waals surface area contributed by atoms with Gasteiger partial charge >= 0.3 is 11.9 Å². The molecule has 0 bridgehead atoms. The van der Waals surface area contributed by atoms with Gasteiger partial charge in [-0.1, -0.05) is 19.3 Å². The van der Waals surface area contributed by atoms with Crippen LogP contribution >= 0.6 is 0 Å². The van der Waals surface area contributed by atoms with Crippen molar-refractivity contribution < 1.29 is 23.9 Å². The van der Waals surface area contributed by atoms with E-state index in [9.17, 15) is 14.4 Å². The van der Waals surface area contributed by atoms with Crippen molar-refractivity contribution in [3.8, 4) is 0 Å². The molecule has 0 spiro atoms. The van der Waals surface area contributed by atoms with Crippen LogP contribution in [0.25, 0.3) is 0 Å². The summed E-state index contributed by atoms with van der Waals surface area (Å²) >= 11 is 0. The van der Waals surface area contributed by atoms with Crippen LogP contribution in [-0.2, 0) is 23.9 Å². The molecule has 0 aliphatic heterocycles. The van der Waals surface area contributed by atoms with E-state index in [1.165, 1.54) is 33.1 Å². The molecule has 1 fully saturated rings. The average Bonchev–Trinajstić information content (AvgIpc) is 2.47. The van der Waals surface area contributed by atoms with Crippen molar-refractivity contribution in [3.05, 3.63) is 0 Å². The third kappa shape index (κ3) is 7.05. The highest BCUT2D eigenvalue weighted by Gasteiger charge is 2.32. The summed E-state index contributed by atoms with van der Waals surface area (Å²) in [5.74, 6) is -0.653. The minimum absolute atomic E-state index is 0.00162. The van der Waals surface area contributed by atoms with Crippen molar-refractivity contribution in [3.63, 3.8) is 0 Å². The van der Waals surface area contributed by atoms with E-state index < -0.39 is 0 Å². The Morgan fingerprint density at radius 1 is 1.05 bits per heavy atom. The quantitative estimate of drug-likeness (QED) is 0.483. The molecule has 0 N–H and O–H groups in total. The molecule has 126 valence electrons. The molecule has 1 saturated carbocycles. The van der Waals surface area contributed by atoms with Crippen molar-refractivity contribution in [1.29, 1.82) is 0 Å². The van der Waals surface area contributed by atoms with Crippen LogP contribution in [0, 0.1) is 11.3 Å². The number of ether oxygens (including phenoxy) is 2. The fourth-order valence-electron chi connectivity index (χ4n) is 3.23. The number of hydrogen-bond acceptors (Lipinski definition) is 5. The van der Waals surface area contributed by atoms with Crippen LogP contribution in [0.1, 0.15) is 65.2 Å². The van der Waals surface area contributed by atoms with Crippen LogP contribution < -0.4 is 0 Å². The zero-order chi connectivity index (χ0) is 16.4. The SMILES string of the molecule is CC(=O)OCC(CCC1(CC=O)CCCCC1)COC(C)=O. The van der Waals surface area contributed by atoms with Crippen molar-refractivity contribution in [2.24, 2.45) is 11.3 Å². The molecule has 5 heteroatoms. The molecule has 1 rings (SSSR count). The number of hydrogen-bond donors (Lipinski definition) is 0. The van der Waals surface area contributed by atoms with E-state index in [-0.39, 0.29) is 36.5 Å². The van der Waals surface area contributed by atoms with E-state index in [1.54, 1.807) is 0 Å². The summed E-state index contributed by atoms with van der Waals surface area (Å²) in [7, 11) is 0. The number of rotatable bonds is 9. The minimum Gasteiger partial charge on any atom is -0.465 e. The summed E-state index contributed by atoms with van der Waals surface area (Å²) in [5, 5.41) is 0. The Kier molecular flexibility index (Phi) is 8.13. The van der Waals surface area contributed by atoms with E-state index in [1.807, 2.05) is 0 Å². The van der Waals surface area contributed by atoms with E-state index in [2.05, 4.69) is 0 Å².